The molecule has 3 nitrogen and oxygen atoms in total. The highest BCUT2D eigenvalue weighted by atomic mass is 28.4. The van der Waals surface area contributed by atoms with Crippen molar-refractivity contribution in [3.05, 3.63) is 0 Å². The Hall–Kier alpha value is 0.371. The highest BCUT2D eigenvalue weighted by molar-refractivity contribution is 6.77. The van der Waals surface area contributed by atoms with Gasteiger partial charge in [-0.25, -0.2) is 0 Å². The predicted molar refractivity (Wildman–Crippen MR) is 88.1 cm³/mol. The molecule has 0 heterocycles. The van der Waals surface area contributed by atoms with Crippen LogP contribution < -0.4 is 0 Å². The van der Waals surface area contributed by atoms with Crippen LogP contribution >= 0.6 is 0 Å². The molecule has 0 rings (SSSR count). The van der Waals surface area contributed by atoms with E-state index in [1.54, 1.807) is 6.55 Å². The Kier molecular flexibility index (Phi) is 7.02. The minimum atomic E-state index is -2.08. The zero-order valence-electron chi connectivity index (χ0n) is 14.2. The van der Waals surface area contributed by atoms with Crippen LogP contribution in [0.15, 0.2) is 0 Å². The Balaban J connectivity index is 5.16. The zero-order chi connectivity index (χ0) is 15.5. The van der Waals surface area contributed by atoms with Crippen molar-refractivity contribution in [2.75, 3.05) is 0 Å². The van der Waals surface area contributed by atoms with Gasteiger partial charge >= 0.3 is 8.68 Å². The molecule has 1 unspecified atom stereocenters. The first-order valence-electron chi connectivity index (χ1n) is 7.27. The number of hydrogen-bond acceptors (Lipinski definition) is 3. The van der Waals surface area contributed by atoms with Crippen molar-refractivity contribution in [1.82, 2.24) is 0 Å². The Labute approximate surface area is 123 Å². The lowest BCUT2D eigenvalue weighted by Crippen LogP contribution is -2.61. The van der Waals surface area contributed by atoms with Gasteiger partial charge in [-0.2, -0.15) is 0 Å². The van der Waals surface area contributed by atoms with Crippen LogP contribution in [0, 0.1) is 0 Å². The van der Waals surface area contributed by atoms with Gasteiger partial charge in [0.15, 0.2) is 8.32 Å². The summed E-state index contributed by atoms with van der Waals surface area (Å²) in [5.74, 6) is 0. The van der Waals surface area contributed by atoms with Crippen molar-refractivity contribution < 1.29 is 13.3 Å². The molecule has 2 atom stereocenters. The van der Waals surface area contributed by atoms with E-state index in [4.69, 9.17) is 8.85 Å². The minimum Gasteiger partial charge on any atom is -0.412 e. The van der Waals surface area contributed by atoms with Crippen LogP contribution in [-0.4, -0.2) is 36.3 Å². The molecule has 0 fully saturated rings. The third-order valence-corrected chi connectivity index (χ3v) is 10.6. The van der Waals surface area contributed by atoms with Crippen molar-refractivity contribution in [2.24, 2.45) is 0 Å². The molecule has 0 saturated heterocycles. The lowest BCUT2D eigenvalue weighted by atomic mass is 10.3. The van der Waals surface area contributed by atoms with Crippen LogP contribution in [0.5, 0.6) is 0 Å². The first-order valence-corrected chi connectivity index (χ1v) is 15.6. The summed E-state index contributed by atoms with van der Waals surface area (Å²) in [6, 6.07) is 0. The molecule has 0 amide bonds. The van der Waals surface area contributed by atoms with E-state index in [-0.39, 0.29) is 11.0 Å². The summed E-state index contributed by atoms with van der Waals surface area (Å²) in [6.45, 7) is 19.2. The summed E-state index contributed by atoms with van der Waals surface area (Å²) in [7, 11) is -5.35. The standard InChI is InChI=1S/C13H32O3Si3/c1-10-12(17(4)14)15-19(8,9)13(3,11-2)16-18(5,6)7/h12H,10-11H2,1-9H3/t12?,13-/m1/s1. The Bertz CT molecular complexity index is 313. The van der Waals surface area contributed by atoms with E-state index in [0.717, 1.165) is 12.8 Å². The van der Waals surface area contributed by atoms with Crippen LogP contribution in [0.2, 0.25) is 39.3 Å². The Morgan fingerprint density at radius 3 is 1.89 bits per heavy atom. The van der Waals surface area contributed by atoms with Gasteiger partial charge < -0.3 is 13.3 Å². The van der Waals surface area contributed by atoms with E-state index in [1.165, 1.54) is 0 Å². The lowest BCUT2D eigenvalue weighted by molar-refractivity contribution is 0.108. The Morgan fingerprint density at radius 2 is 1.63 bits per heavy atom. The second-order valence-corrected chi connectivity index (χ2v) is 17.5. The molecular weight excluding hydrogens is 288 g/mol. The quantitative estimate of drug-likeness (QED) is 0.631. The average molecular weight is 321 g/mol. The number of rotatable bonds is 8. The fourth-order valence-electron chi connectivity index (χ4n) is 2.23. The summed E-state index contributed by atoms with van der Waals surface area (Å²) in [4.78, 5) is 0. The summed E-state index contributed by atoms with van der Waals surface area (Å²) in [6.07, 6.45) is 1.76. The zero-order valence-corrected chi connectivity index (χ0v) is 17.2. The molecule has 0 bridgehead atoms. The van der Waals surface area contributed by atoms with Crippen molar-refractivity contribution in [3.63, 3.8) is 0 Å². The van der Waals surface area contributed by atoms with Gasteiger partial charge in [0.2, 0.25) is 8.32 Å². The molecule has 0 aromatic heterocycles. The van der Waals surface area contributed by atoms with E-state index in [1.807, 2.05) is 6.92 Å². The van der Waals surface area contributed by atoms with Gasteiger partial charge in [-0.3, -0.25) is 0 Å². The first-order chi connectivity index (χ1) is 8.38. The normalized spacial score (nSPS) is 17.9. The molecule has 0 radical (unpaired) electrons. The Morgan fingerprint density at radius 1 is 1.16 bits per heavy atom. The molecule has 114 valence electrons. The summed E-state index contributed by atoms with van der Waals surface area (Å²) < 4.78 is 24.6. The van der Waals surface area contributed by atoms with Gasteiger partial charge in [0.25, 0.3) is 0 Å². The first kappa shape index (κ1) is 19.4. The predicted octanol–water partition coefficient (Wildman–Crippen LogP) is 4.14. The SMILES string of the molecule is CCC(O[Si](C)(C)[C@](C)(CC)O[Si](C)(C)C)[Si](C)=O. The van der Waals surface area contributed by atoms with Gasteiger partial charge in [-0.15, -0.1) is 0 Å². The molecule has 0 aromatic carbocycles. The molecule has 0 spiro atoms. The lowest BCUT2D eigenvalue weighted by Gasteiger charge is -2.46. The van der Waals surface area contributed by atoms with Gasteiger partial charge in [0.05, 0.1) is 11.0 Å². The molecule has 6 heteroatoms. The molecule has 0 N–H and O–H groups in total. The number of hydrogen-bond donors (Lipinski definition) is 0. The van der Waals surface area contributed by atoms with Crippen LogP contribution in [0.4, 0.5) is 0 Å². The fraction of sp³-hybridized carbons (Fsp3) is 1.00. The van der Waals surface area contributed by atoms with Crippen LogP contribution in [-0.2, 0) is 13.3 Å². The molecule has 19 heavy (non-hydrogen) atoms. The largest absolute Gasteiger partial charge is 0.412 e. The average Bonchev–Trinajstić information content (AvgIpc) is 2.22. The highest BCUT2D eigenvalue weighted by Crippen LogP contribution is 2.33. The van der Waals surface area contributed by atoms with E-state index >= 15 is 0 Å². The maximum atomic E-state index is 11.8. The van der Waals surface area contributed by atoms with E-state index < -0.39 is 25.3 Å². The summed E-state index contributed by atoms with van der Waals surface area (Å²) in [5.41, 5.74) is -0.0947. The maximum Gasteiger partial charge on any atom is 0.302 e. The molecule has 0 aliphatic heterocycles. The molecular formula is C13H32O3Si3. The smallest absolute Gasteiger partial charge is 0.302 e. The molecule has 0 aliphatic carbocycles. The van der Waals surface area contributed by atoms with Gasteiger partial charge in [-0.1, -0.05) is 13.8 Å². The van der Waals surface area contributed by atoms with Crippen molar-refractivity contribution >= 4 is 25.3 Å². The second-order valence-electron chi connectivity index (χ2n) is 6.93. The van der Waals surface area contributed by atoms with Gasteiger partial charge in [0, 0.05) is 0 Å². The second kappa shape index (κ2) is 6.89. The van der Waals surface area contributed by atoms with Gasteiger partial charge in [0.1, 0.15) is 0 Å². The molecule has 0 aliphatic rings. The van der Waals surface area contributed by atoms with E-state index in [9.17, 15) is 4.46 Å². The highest BCUT2D eigenvalue weighted by Gasteiger charge is 2.48. The van der Waals surface area contributed by atoms with E-state index in [2.05, 4.69) is 46.6 Å². The third kappa shape index (κ3) is 5.71. The maximum absolute atomic E-state index is 11.8. The van der Waals surface area contributed by atoms with Crippen molar-refractivity contribution in [2.45, 2.75) is 83.8 Å². The third-order valence-electron chi connectivity index (χ3n) is 3.74. The molecule has 0 saturated carbocycles. The molecule has 0 aromatic rings. The van der Waals surface area contributed by atoms with Crippen LogP contribution in [0.25, 0.3) is 0 Å². The minimum absolute atomic E-state index is 0.0947. The van der Waals surface area contributed by atoms with Crippen LogP contribution in [0.3, 0.4) is 0 Å². The summed E-state index contributed by atoms with van der Waals surface area (Å²) in [5, 5.41) is -0.206. The fourth-order valence-corrected chi connectivity index (χ4v) is 9.73. The van der Waals surface area contributed by atoms with Crippen molar-refractivity contribution in [1.29, 1.82) is 0 Å². The van der Waals surface area contributed by atoms with Gasteiger partial charge in [-0.05, 0) is 59.0 Å². The van der Waals surface area contributed by atoms with E-state index in [0.29, 0.717) is 0 Å². The topological polar surface area (TPSA) is 35.5 Å². The van der Waals surface area contributed by atoms with Crippen molar-refractivity contribution in [3.8, 4) is 0 Å². The summed E-state index contributed by atoms with van der Waals surface area (Å²) >= 11 is 0. The monoisotopic (exact) mass is 320 g/mol. The van der Waals surface area contributed by atoms with Crippen LogP contribution in [0.1, 0.15) is 33.6 Å².